The lowest BCUT2D eigenvalue weighted by atomic mass is 10.1. The number of pyridine rings is 1. The minimum Gasteiger partial charge on any atom is -0.497 e. The van der Waals surface area contributed by atoms with Crippen LogP contribution in [0.4, 0.5) is 5.69 Å². The fourth-order valence-electron chi connectivity index (χ4n) is 4.54. The van der Waals surface area contributed by atoms with E-state index in [9.17, 15) is 0 Å². The number of nitrogens with zero attached hydrogens (tertiary/aromatic N) is 2. The van der Waals surface area contributed by atoms with Gasteiger partial charge in [0.1, 0.15) is 5.75 Å². The maximum Gasteiger partial charge on any atom is 0.231 e. The van der Waals surface area contributed by atoms with Gasteiger partial charge in [0.15, 0.2) is 11.5 Å². The molecule has 1 aromatic heterocycles. The molecule has 1 unspecified atom stereocenters. The molecule has 0 fully saturated rings. The SMILES string of the molecule is COc1ccc2c(c1)SC(c1ccc3c(c1)OCO3)CCN2Cc1ccc2ncccc2c1. The Hall–Kier alpha value is -3.38. The van der Waals surface area contributed by atoms with Crippen molar-refractivity contribution < 1.29 is 14.2 Å². The zero-order chi connectivity index (χ0) is 22.2. The summed E-state index contributed by atoms with van der Waals surface area (Å²) >= 11 is 1.89. The Balaban J connectivity index is 1.33. The van der Waals surface area contributed by atoms with Crippen molar-refractivity contribution in [3.8, 4) is 17.2 Å². The zero-order valence-corrected chi connectivity index (χ0v) is 19.2. The Bertz CT molecular complexity index is 1330. The van der Waals surface area contributed by atoms with Crippen LogP contribution in [0.2, 0.25) is 0 Å². The molecule has 0 saturated carbocycles. The number of hydrogen-bond donors (Lipinski definition) is 0. The highest BCUT2D eigenvalue weighted by atomic mass is 32.2. The van der Waals surface area contributed by atoms with Crippen LogP contribution in [-0.4, -0.2) is 25.4 Å². The lowest BCUT2D eigenvalue weighted by Crippen LogP contribution is -2.24. The number of rotatable bonds is 4. The molecule has 0 saturated heterocycles. The molecule has 2 aliphatic heterocycles. The van der Waals surface area contributed by atoms with E-state index < -0.39 is 0 Å². The van der Waals surface area contributed by atoms with E-state index in [2.05, 4.69) is 64.5 Å². The van der Waals surface area contributed by atoms with Crippen molar-refractivity contribution >= 4 is 28.4 Å². The summed E-state index contributed by atoms with van der Waals surface area (Å²) in [6, 6.07) is 23.4. The molecule has 33 heavy (non-hydrogen) atoms. The second-order valence-corrected chi connectivity index (χ2v) is 9.54. The van der Waals surface area contributed by atoms with E-state index in [-0.39, 0.29) is 0 Å². The van der Waals surface area contributed by atoms with Crippen molar-refractivity contribution in [2.75, 3.05) is 25.3 Å². The Kier molecular flexibility index (Phi) is 5.23. The fourth-order valence-corrected chi connectivity index (χ4v) is 5.85. The van der Waals surface area contributed by atoms with Gasteiger partial charge in [-0.15, -0.1) is 11.8 Å². The lowest BCUT2D eigenvalue weighted by Gasteiger charge is -2.25. The maximum atomic E-state index is 5.64. The number of thioether (sulfide) groups is 1. The molecule has 0 aliphatic carbocycles. The van der Waals surface area contributed by atoms with Crippen molar-refractivity contribution in [3.05, 3.63) is 84.1 Å². The molecule has 3 aromatic carbocycles. The third-order valence-electron chi connectivity index (χ3n) is 6.25. The molecule has 6 heteroatoms. The molecular formula is C27H24N2O3S. The van der Waals surface area contributed by atoms with E-state index in [4.69, 9.17) is 14.2 Å². The Morgan fingerprint density at radius 3 is 2.91 bits per heavy atom. The van der Waals surface area contributed by atoms with Crippen LogP contribution in [0.5, 0.6) is 17.2 Å². The van der Waals surface area contributed by atoms with E-state index in [1.165, 1.54) is 27.1 Å². The number of ether oxygens (including phenoxy) is 3. The minimum absolute atomic E-state index is 0.297. The van der Waals surface area contributed by atoms with Crippen LogP contribution in [-0.2, 0) is 6.54 Å². The first-order valence-corrected chi connectivity index (χ1v) is 12.0. The molecule has 0 spiro atoms. The zero-order valence-electron chi connectivity index (χ0n) is 18.4. The summed E-state index contributed by atoms with van der Waals surface area (Å²) in [5.74, 6) is 2.54. The number of methoxy groups -OCH3 is 1. The molecule has 0 radical (unpaired) electrons. The highest BCUT2D eigenvalue weighted by molar-refractivity contribution is 7.99. The average molecular weight is 457 g/mol. The molecule has 2 aliphatic rings. The molecular weight excluding hydrogens is 432 g/mol. The van der Waals surface area contributed by atoms with E-state index in [1.54, 1.807) is 7.11 Å². The first-order chi connectivity index (χ1) is 16.3. The van der Waals surface area contributed by atoms with Crippen LogP contribution in [0.1, 0.15) is 22.8 Å². The van der Waals surface area contributed by atoms with Gasteiger partial charge in [-0.25, -0.2) is 0 Å². The number of hydrogen-bond acceptors (Lipinski definition) is 6. The van der Waals surface area contributed by atoms with Crippen LogP contribution >= 0.6 is 11.8 Å². The summed E-state index contributed by atoms with van der Waals surface area (Å²) in [7, 11) is 1.72. The smallest absolute Gasteiger partial charge is 0.231 e. The van der Waals surface area contributed by atoms with Crippen LogP contribution < -0.4 is 19.1 Å². The number of anilines is 1. The summed E-state index contributed by atoms with van der Waals surface area (Å²) in [6.07, 6.45) is 2.87. The van der Waals surface area contributed by atoms with Gasteiger partial charge in [0.2, 0.25) is 6.79 Å². The highest BCUT2D eigenvalue weighted by Crippen LogP contribution is 2.48. The van der Waals surface area contributed by atoms with Gasteiger partial charge in [0.05, 0.1) is 18.3 Å². The first kappa shape index (κ1) is 20.2. The Morgan fingerprint density at radius 2 is 1.97 bits per heavy atom. The van der Waals surface area contributed by atoms with Crippen molar-refractivity contribution in [2.24, 2.45) is 0 Å². The van der Waals surface area contributed by atoms with Gasteiger partial charge in [0.25, 0.3) is 0 Å². The third kappa shape index (κ3) is 3.95. The third-order valence-corrected chi connectivity index (χ3v) is 7.62. The fraction of sp³-hybridized carbons (Fsp3) is 0.222. The summed E-state index contributed by atoms with van der Waals surface area (Å²) < 4.78 is 16.7. The van der Waals surface area contributed by atoms with Crippen LogP contribution in [0.3, 0.4) is 0 Å². The molecule has 4 aromatic rings. The van der Waals surface area contributed by atoms with Crippen molar-refractivity contribution in [1.82, 2.24) is 4.98 Å². The molecule has 0 N–H and O–H groups in total. The molecule has 3 heterocycles. The number of aromatic nitrogens is 1. The second kappa shape index (κ2) is 8.52. The molecule has 0 amide bonds. The Morgan fingerprint density at radius 1 is 1.03 bits per heavy atom. The monoisotopic (exact) mass is 456 g/mol. The molecule has 5 nitrogen and oxygen atoms in total. The molecule has 0 bridgehead atoms. The number of fused-ring (bicyclic) bond motifs is 3. The normalized spacial score (nSPS) is 17.0. The average Bonchev–Trinajstić information content (AvgIpc) is 3.26. The first-order valence-electron chi connectivity index (χ1n) is 11.1. The highest BCUT2D eigenvalue weighted by Gasteiger charge is 2.26. The minimum atomic E-state index is 0.297. The van der Waals surface area contributed by atoms with Gasteiger partial charge in [-0.2, -0.15) is 0 Å². The maximum absolute atomic E-state index is 5.64. The predicted molar refractivity (Wildman–Crippen MR) is 132 cm³/mol. The van der Waals surface area contributed by atoms with Crippen molar-refractivity contribution in [1.29, 1.82) is 0 Å². The standard InChI is InChI=1S/C27H24N2O3S/c1-30-21-6-8-23-27(15-21)33-26(20-5-9-24-25(14-20)32-17-31-24)10-12-29(23)16-18-4-7-22-19(13-18)3-2-11-28-22/h2-9,11,13-15,26H,10,12,16-17H2,1H3. The lowest BCUT2D eigenvalue weighted by molar-refractivity contribution is 0.174. The van der Waals surface area contributed by atoms with E-state index in [0.717, 1.165) is 42.3 Å². The van der Waals surface area contributed by atoms with Crippen LogP contribution in [0.15, 0.2) is 77.8 Å². The second-order valence-electron chi connectivity index (χ2n) is 8.29. The predicted octanol–water partition coefficient (Wildman–Crippen LogP) is 6.22. The van der Waals surface area contributed by atoms with E-state index in [1.807, 2.05) is 30.1 Å². The molecule has 166 valence electrons. The summed E-state index contributed by atoms with van der Waals surface area (Å²) in [4.78, 5) is 8.17. The van der Waals surface area contributed by atoms with Gasteiger partial charge in [-0.3, -0.25) is 4.98 Å². The van der Waals surface area contributed by atoms with Gasteiger partial charge in [-0.05, 0) is 66.1 Å². The van der Waals surface area contributed by atoms with Gasteiger partial charge in [0, 0.05) is 34.8 Å². The van der Waals surface area contributed by atoms with Gasteiger partial charge >= 0.3 is 0 Å². The van der Waals surface area contributed by atoms with Crippen molar-refractivity contribution in [3.63, 3.8) is 0 Å². The van der Waals surface area contributed by atoms with Gasteiger partial charge < -0.3 is 19.1 Å². The summed E-state index contributed by atoms with van der Waals surface area (Å²) in [5.41, 5.74) is 4.82. The molecule has 6 rings (SSSR count). The molecule has 1 atom stereocenters. The Labute approximate surface area is 197 Å². The van der Waals surface area contributed by atoms with Crippen molar-refractivity contribution in [2.45, 2.75) is 23.1 Å². The van der Waals surface area contributed by atoms with Crippen LogP contribution in [0.25, 0.3) is 10.9 Å². The summed E-state index contributed by atoms with van der Waals surface area (Å²) in [5, 5.41) is 1.49. The quantitative estimate of drug-likeness (QED) is 0.363. The van der Waals surface area contributed by atoms with E-state index >= 15 is 0 Å². The van der Waals surface area contributed by atoms with E-state index in [0.29, 0.717) is 12.0 Å². The number of benzene rings is 3. The van der Waals surface area contributed by atoms with Gasteiger partial charge in [-0.1, -0.05) is 18.2 Å². The topological polar surface area (TPSA) is 43.8 Å². The van der Waals surface area contributed by atoms with Crippen LogP contribution in [0, 0.1) is 0 Å². The summed E-state index contributed by atoms with van der Waals surface area (Å²) in [6.45, 7) is 2.10. The largest absolute Gasteiger partial charge is 0.497 e.